The zero-order valence-corrected chi connectivity index (χ0v) is 15.9. The molecule has 0 saturated carbocycles. The lowest BCUT2D eigenvalue weighted by Crippen LogP contribution is -2.48. The second-order valence-corrected chi connectivity index (χ2v) is 7.51. The second kappa shape index (κ2) is 7.48. The minimum absolute atomic E-state index is 0.0875. The Balaban J connectivity index is 1.41. The molecule has 0 bridgehead atoms. The molecule has 6 heteroatoms. The molecule has 0 unspecified atom stereocenters. The van der Waals surface area contributed by atoms with Gasteiger partial charge in [0.1, 0.15) is 5.82 Å². The molecule has 1 amide bonds. The third-order valence-corrected chi connectivity index (χ3v) is 5.64. The number of aromatic nitrogens is 1. The van der Waals surface area contributed by atoms with Gasteiger partial charge in [0.2, 0.25) is 0 Å². The number of thiazole rings is 1. The first-order valence-electron chi connectivity index (χ1n) is 8.92. The van der Waals surface area contributed by atoms with Crippen molar-refractivity contribution in [2.75, 3.05) is 31.1 Å². The fourth-order valence-corrected chi connectivity index (χ4v) is 4.11. The van der Waals surface area contributed by atoms with Gasteiger partial charge >= 0.3 is 0 Å². The van der Waals surface area contributed by atoms with Crippen molar-refractivity contribution in [2.24, 2.45) is 0 Å². The maximum atomic E-state index is 13.1. The van der Waals surface area contributed by atoms with Crippen LogP contribution in [0.3, 0.4) is 0 Å². The Hall–Kier alpha value is -2.73. The molecule has 1 saturated heterocycles. The molecule has 0 N–H and O–H groups in total. The minimum atomic E-state index is -0.247. The third kappa shape index (κ3) is 3.85. The van der Waals surface area contributed by atoms with Crippen LogP contribution in [0.1, 0.15) is 15.9 Å². The van der Waals surface area contributed by atoms with E-state index < -0.39 is 0 Å². The van der Waals surface area contributed by atoms with Crippen molar-refractivity contribution in [3.05, 3.63) is 70.9 Å². The largest absolute Gasteiger partial charge is 0.345 e. The molecule has 0 radical (unpaired) electrons. The van der Waals surface area contributed by atoms with Gasteiger partial charge < -0.3 is 9.80 Å². The normalized spacial score (nSPS) is 14.4. The van der Waals surface area contributed by atoms with Gasteiger partial charge in [-0.05, 0) is 43.3 Å². The van der Waals surface area contributed by atoms with Crippen LogP contribution in [-0.2, 0) is 0 Å². The van der Waals surface area contributed by atoms with Gasteiger partial charge in [0.25, 0.3) is 5.91 Å². The topological polar surface area (TPSA) is 36.4 Å². The smallest absolute Gasteiger partial charge is 0.253 e. The molecular weight excluding hydrogens is 361 g/mol. The number of carbonyl (C=O) groups excluding carboxylic acids is 1. The predicted octanol–water partition coefficient (Wildman–Crippen LogP) is 4.22. The number of benzene rings is 2. The standard InChI is InChI=1S/C21H20FN3OS/c1-15-3-2-4-17(13-15)20(26)24-9-11-25(12-10-24)21-23-19(14-27-21)16-5-7-18(22)8-6-16/h2-8,13-14H,9-12H2,1H3. The van der Waals surface area contributed by atoms with Crippen molar-refractivity contribution in [3.63, 3.8) is 0 Å². The molecule has 1 aliphatic rings. The van der Waals surface area contributed by atoms with Crippen LogP contribution in [0.25, 0.3) is 11.3 Å². The summed E-state index contributed by atoms with van der Waals surface area (Å²) in [6.07, 6.45) is 0. The fourth-order valence-electron chi connectivity index (χ4n) is 3.22. The number of piperazine rings is 1. The van der Waals surface area contributed by atoms with Gasteiger partial charge in [0, 0.05) is 42.7 Å². The van der Waals surface area contributed by atoms with E-state index in [2.05, 4.69) is 4.90 Å². The van der Waals surface area contributed by atoms with Crippen molar-refractivity contribution in [1.82, 2.24) is 9.88 Å². The second-order valence-electron chi connectivity index (χ2n) is 6.67. The average molecular weight is 381 g/mol. The van der Waals surface area contributed by atoms with E-state index in [1.54, 1.807) is 23.5 Å². The summed E-state index contributed by atoms with van der Waals surface area (Å²) < 4.78 is 13.1. The lowest BCUT2D eigenvalue weighted by Gasteiger charge is -2.34. The van der Waals surface area contributed by atoms with Crippen molar-refractivity contribution in [2.45, 2.75) is 6.92 Å². The number of rotatable bonds is 3. The number of carbonyl (C=O) groups is 1. The van der Waals surface area contributed by atoms with E-state index >= 15 is 0 Å². The van der Waals surface area contributed by atoms with Crippen LogP contribution in [-0.4, -0.2) is 42.0 Å². The van der Waals surface area contributed by atoms with Gasteiger partial charge in [-0.15, -0.1) is 11.3 Å². The Morgan fingerprint density at radius 3 is 2.52 bits per heavy atom. The molecule has 0 atom stereocenters. The van der Waals surface area contributed by atoms with Gasteiger partial charge in [-0.25, -0.2) is 9.37 Å². The van der Waals surface area contributed by atoms with Crippen LogP contribution in [0.15, 0.2) is 53.9 Å². The highest BCUT2D eigenvalue weighted by molar-refractivity contribution is 7.14. The van der Waals surface area contributed by atoms with E-state index in [4.69, 9.17) is 4.98 Å². The molecular formula is C21H20FN3OS. The Morgan fingerprint density at radius 2 is 1.81 bits per heavy atom. The number of nitrogens with zero attached hydrogens (tertiary/aromatic N) is 3. The van der Waals surface area contributed by atoms with Gasteiger partial charge in [0.05, 0.1) is 5.69 Å². The summed E-state index contributed by atoms with van der Waals surface area (Å²) in [6.45, 7) is 4.87. The van der Waals surface area contributed by atoms with Crippen LogP contribution in [0.4, 0.5) is 9.52 Å². The van der Waals surface area contributed by atoms with Gasteiger partial charge in [-0.3, -0.25) is 4.79 Å². The summed E-state index contributed by atoms with van der Waals surface area (Å²) in [5, 5.41) is 2.93. The summed E-state index contributed by atoms with van der Waals surface area (Å²) in [5.74, 6) is -0.159. The number of hydrogen-bond acceptors (Lipinski definition) is 4. The van der Waals surface area contributed by atoms with Crippen LogP contribution < -0.4 is 4.90 Å². The summed E-state index contributed by atoms with van der Waals surface area (Å²) in [4.78, 5) is 21.5. The average Bonchev–Trinajstić information content (AvgIpc) is 3.18. The number of amides is 1. The summed E-state index contributed by atoms with van der Waals surface area (Å²) >= 11 is 1.58. The molecule has 0 aliphatic carbocycles. The van der Waals surface area contributed by atoms with Crippen molar-refractivity contribution >= 4 is 22.4 Å². The molecule has 0 spiro atoms. The summed E-state index contributed by atoms with van der Waals surface area (Å²) in [7, 11) is 0. The van der Waals surface area contributed by atoms with Crippen LogP contribution in [0.5, 0.6) is 0 Å². The van der Waals surface area contributed by atoms with E-state index in [9.17, 15) is 9.18 Å². The summed E-state index contributed by atoms with van der Waals surface area (Å²) in [5.41, 5.74) is 3.60. The Kier molecular flexibility index (Phi) is 4.90. The van der Waals surface area contributed by atoms with Gasteiger partial charge in [0.15, 0.2) is 5.13 Å². The van der Waals surface area contributed by atoms with Gasteiger partial charge in [-0.1, -0.05) is 17.7 Å². The monoisotopic (exact) mass is 381 g/mol. The lowest BCUT2D eigenvalue weighted by atomic mass is 10.1. The minimum Gasteiger partial charge on any atom is -0.345 e. The molecule has 138 valence electrons. The maximum Gasteiger partial charge on any atom is 0.253 e. The molecule has 2 heterocycles. The van der Waals surface area contributed by atoms with Crippen molar-refractivity contribution in [3.8, 4) is 11.3 Å². The Morgan fingerprint density at radius 1 is 1.07 bits per heavy atom. The molecule has 1 aliphatic heterocycles. The van der Waals surface area contributed by atoms with E-state index in [1.165, 1.54) is 12.1 Å². The summed E-state index contributed by atoms with van der Waals surface area (Å²) in [6, 6.07) is 14.1. The molecule has 1 fully saturated rings. The van der Waals surface area contributed by atoms with Crippen LogP contribution in [0, 0.1) is 12.7 Å². The van der Waals surface area contributed by atoms with Crippen molar-refractivity contribution < 1.29 is 9.18 Å². The quantitative estimate of drug-likeness (QED) is 0.682. The molecule has 2 aromatic carbocycles. The number of aryl methyl sites for hydroxylation is 1. The number of anilines is 1. The Labute approximate surface area is 161 Å². The zero-order valence-electron chi connectivity index (χ0n) is 15.1. The van der Waals surface area contributed by atoms with E-state index in [0.29, 0.717) is 13.1 Å². The fraction of sp³-hybridized carbons (Fsp3) is 0.238. The van der Waals surface area contributed by atoms with E-state index in [1.807, 2.05) is 41.5 Å². The highest BCUT2D eigenvalue weighted by Gasteiger charge is 2.23. The first-order valence-corrected chi connectivity index (χ1v) is 9.80. The number of hydrogen-bond donors (Lipinski definition) is 0. The lowest BCUT2D eigenvalue weighted by molar-refractivity contribution is 0.0746. The van der Waals surface area contributed by atoms with E-state index in [0.717, 1.165) is 40.6 Å². The van der Waals surface area contributed by atoms with Crippen molar-refractivity contribution in [1.29, 1.82) is 0 Å². The molecule has 4 rings (SSSR count). The third-order valence-electron chi connectivity index (χ3n) is 4.73. The van der Waals surface area contributed by atoms with E-state index in [-0.39, 0.29) is 11.7 Å². The van der Waals surface area contributed by atoms with Crippen LogP contribution in [0.2, 0.25) is 0 Å². The van der Waals surface area contributed by atoms with Gasteiger partial charge in [-0.2, -0.15) is 0 Å². The first kappa shape index (κ1) is 17.7. The maximum absolute atomic E-state index is 13.1. The first-order chi connectivity index (χ1) is 13.1. The van der Waals surface area contributed by atoms with Crippen LogP contribution >= 0.6 is 11.3 Å². The predicted molar refractivity (Wildman–Crippen MR) is 107 cm³/mol. The highest BCUT2D eigenvalue weighted by atomic mass is 32.1. The number of halogens is 1. The molecule has 3 aromatic rings. The molecule has 4 nitrogen and oxygen atoms in total. The zero-order chi connectivity index (χ0) is 18.8. The Bertz CT molecular complexity index is 946. The SMILES string of the molecule is Cc1cccc(C(=O)N2CCN(c3nc(-c4ccc(F)cc4)cs3)CC2)c1. The molecule has 1 aromatic heterocycles. The highest BCUT2D eigenvalue weighted by Crippen LogP contribution is 2.28. The molecule has 27 heavy (non-hydrogen) atoms.